The molecule has 8 nitrogen and oxygen atoms in total. The first-order valence-corrected chi connectivity index (χ1v) is 11.6. The maximum absolute atomic E-state index is 13.8. The minimum absolute atomic E-state index is 0.0294. The van der Waals surface area contributed by atoms with E-state index in [0.29, 0.717) is 17.0 Å². The highest BCUT2D eigenvalue weighted by molar-refractivity contribution is 6.01. The highest BCUT2D eigenvalue weighted by Crippen LogP contribution is 2.24. The first kappa shape index (κ1) is 24.9. The fourth-order valence-electron chi connectivity index (χ4n) is 4.31. The van der Waals surface area contributed by atoms with Crippen molar-refractivity contribution >= 4 is 28.5 Å². The number of aryl methyl sites for hydroxylation is 1. The number of alkyl halides is 3. The van der Waals surface area contributed by atoms with Crippen LogP contribution < -0.4 is 10.9 Å². The molecule has 1 atom stereocenters. The van der Waals surface area contributed by atoms with Crippen LogP contribution in [0.3, 0.4) is 0 Å². The molecule has 0 saturated heterocycles. The summed E-state index contributed by atoms with van der Waals surface area (Å²) in [6.07, 6.45) is -0.375. The minimum Gasteiger partial charge on any atom is -0.342 e. The van der Waals surface area contributed by atoms with E-state index < -0.39 is 23.7 Å². The quantitative estimate of drug-likeness (QED) is 0.361. The third-order valence-electron chi connectivity index (χ3n) is 5.95. The Hall–Kier alpha value is -4.80. The molecule has 5 rings (SSSR count). The number of benzene rings is 2. The number of fused-ring (bicyclic) bond motifs is 2. The highest BCUT2D eigenvalue weighted by atomic mass is 19.4. The smallest absolute Gasteiger partial charge is 0.342 e. The molecule has 5 aromatic rings. The van der Waals surface area contributed by atoms with Crippen LogP contribution in [0.5, 0.6) is 0 Å². The van der Waals surface area contributed by atoms with Crippen molar-refractivity contribution in [2.45, 2.75) is 26.1 Å². The van der Waals surface area contributed by atoms with E-state index in [1.807, 2.05) is 0 Å². The summed E-state index contributed by atoms with van der Waals surface area (Å²) in [6.45, 7) is 3.37. The van der Waals surface area contributed by atoms with Gasteiger partial charge in [-0.25, -0.2) is 14.5 Å². The van der Waals surface area contributed by atoms with Crippen LogP contribution in [0.25, 0.3) is 28.3 Å². The lowest BCUT2D eigenvalue weighted by atomic mass is 10.1. The van der Waals surface area contributed by atoms with Crippen LogP contribution in [0, 0.1) is 6.92 Å². The SMILES string of the molecule is Cc1nn2cccnc2c1C(=O)N[C@@H](C)c1nc2cccc(/C=C/C(F)(F)F)c2c(=O)n1-c1ccccc1. The maximum atomic E-state index is 13.8. The van der Waals surface area contributed by atoms with Crippen molar-refractivity contribution in [1.29, 1.82) is 0 Å². The second-order valence-electron chi connectivity index (χ2n) is 8.61. The van der Waals surface area contributed by atoms with Crippen LogP contribution in [0.4, 0.5) is 13.2 Å². The third-order valence-corrected chi connectivity index (χ3v) is 5.95. The van der Waals surface area contributed by atoms with Crippen molar-refractivity contribution < 1.29 is 18.0 Å². The molecule has 0 spiro atoms. The number of nitrogens with zero attached hydrogens (tertiary/aromatic N) is 5. The van der Waals surface area contributed by atoms with Gasteiger partial charge in [0.25, 0.3) is 11.5 Å². The molecule has 0 saturated carbocycles. The van der Waals surface area contributed by atoms with Gasteiger partial charge in [-0.3, -0.25) is 14.2 Å². The van der Waals surface area contributed by atoms with Crippen molar-refractivity contribution in [1.82, 2.24) is 29.5 Å². The topological polar surface area (TPSA) is 94.2 Å². The van der Waals surface area contributed by atoms with E-state index >= 15 is 0 Å². The van der Waals surface area contributed by atoms with Gasteiger partial charge in [-0.15, -0.1) is 0 Å². The molecule has 1 amide bonds. The summed E-state index contributed by atoms with van der Waals surface area (Å²) in [6, 6.07) is 14.0. The molecule has 2 aromatic carbocycles. The van der Waals surface area contributed by atoms with Gasteiger partial charge in [0, 0.05) is 18.5 Å². The monoisotopic (exact) mass is 518 g/mol. The molecule has 11 heteroatoms. The average molecular weight is 518 g/mol. The van der Waals surface area contributed by atoms with Crippen molar-refractivity contribution in [2.24, 2.45) is 0 Å². The molecule has 0 unspecified atom stereocenters. The molecule has 3 heterocycles. The van der Waals surface area contributed by atoms with Gasteiger partial charge in [0.15, 0.2) is 5.65 Å². The first-order valence-electron chi connectivity index (χ1n) is 11.6. The number of nitrogens with one attached hydrogen (secondary N) is 1. The molecule has 0 fully saturated rings. The molecule has 0 radical (unpaired) electrons. The van der Waals surface area contributed by atoms with E-state index in [1.54, 1.807) is 68.7 Å². The fourth-order valence-corrected chi connectivity index (χ4v) is 4.31. The van der Waals surface area contributed by atoms with Gasteiger partial charge in [0.05, 0.1) is 28.3 Å². The van der Waals surface area contributed by atoms with Crippen LogP contribution in [0.15, 0.2) is 77.9 Å². The molecule has 0 bridgehead atoms. The normalized spacial score (nSPS) is 12.9. The summed E-state index contributed by atoms with van der Waals surface area (Å²) < 4.78 is 41.5. The molecule has 0 aliphatic carbocycles. The molecule has 38 heavy (non-hydrogen) atoms. The summed E-state index contributed by atoms with van der Waals surface area (Å²) in [5.74, 6) is -0.249. The van der Waals surface area contributed by atoms with Crippen LogP contribution in [-0.4, -0.2) is 36.2 Å². The fraction of sp³-hybridized carbons (Fsp3) is 0.148. The number of allylic oxidation sites excluding steroid dienone is 1. The Morgan fingerprint density at radius 2 is 1.84 bits per heavy atom. The van der Waals surface area contributed by atoms with E-state index in [4.69, 9.17) is 0 Å². The Bertz CT molecular complexity index is 1760. The van der Waals surface area contributed by atoms with Crippen LogP contribution in [-0.2, 0) is 0 Å². The summed E-state index contributed by atoms with van der Waals surface area (Å²) in [7, 11) is 0. The molecule has 0 aliphatic rings. The standard InChI is InChI=1S/C27H21F3N6O2/c1-16-21(24-31-14-7-15-35(24)34-16)25(37)32-17(2)23-33-20-11-6-8-18(12-13-27(28,29)30)22(20)26(38)36(23)19-9-4-3-5-10-19/h3-15,17H,1-2H3,(H,32,37)/b13-12+/t17-/m0/s1. The van der Waals surface area contributed by atoms with E-state index in [9.17, 15) is 22.8 Å². The predicted octanol–water partition coefficient (Wildman–Crippen LogP) is 4.80. The number of hydrogen-bond donors (Lipinski definition) is 1. The Kier molecular flexibility index (Phi) is 6.27. The van der Waals surface area contributed by atoms with Crippen LogP contribution in [0.1, 0.15) is 40.4 Å². The Labute approximate surface area is 214 Å². The molecular formula is C27H21F3N6O2. The average Bonchev–Trinajstić information content (AvgIpc) is 3.23. The Balaban J connectivity index is 1.65. The third kappa shape index (κ3) is 4.65. The molecular weight excluding hydrogens is 497 g/mol. The summed E-state index contributed by atoms with van der Waals surface area (Å²) in [5, 5.41) is 7.22. The lowest BCUT2D eigenvalue weighted by Crippen LogP contribution is -2.33. The predicted molar refractivity (Wildman–Crippen MR) is 136 cm³/mol. The van der Waals surface area contributed by atoms with Gasteiger partial charge >= 0.3 is 6.18 Å². The second kappa shape index (κ2) is 9.58. The second-order valence-corrected chi connectivity index (χ2v) is 8.61. The largest absolute Gasteiger partial charge is 0.409 e. The van der Waals surface area contributed by atoms with E-state index in [2.05, 4.69) is 20.4 Å². The number of hydrogen-bond acceptors (Lipinski definition) is 5. The molecule has 192 valence electrons. The number of para-hydroxylation sites is 1. The molecule has 3 aromatic heterocycles. The number of aromatic nitrogens is 5. The van der Waals surface area contributed by atoms with E-state index in [0.717, 1.165) is 6.08 Å². The lowest BCUT2D eigenvalue weighted by molar-refractivity contribution is -0.0790. The number of amides is 1. The molecule has 0 aliphatic heterocycles. The van der Waals surface area contributed by atoms with E-state index in [1.165, 1.54) is 21.2 Å². The highest BCUT2D eigenvalue weighted by Gasteiger charge is 2.25. The lowest BCUT2D eigenvalue weighted by Gasteiger charge is -2.20. The van der Waals surface area contributed by atoms with E-state index in [-0.39, 0.29) is 33.9 Å². The van der Waals surface area contributed by atoms with Crippen LogP contribution >= 0.6 is 0 Å². The Morgan fingerprint density at radius 3 is 2.58 bits per heavy atom. The number of rotatable bonds is 5. The van der Waals surface area contributed by atoms with Crippen molar-refractivity contribution in [3.05, 3.63) is 106 Å². The summed E-state index contributed by atoms with van der Waals surface area (Å²) >= 11 is 0. The van der Waals surface area contributed by atoms with Crippen LogP contribution in [0.2, 0.25) is 0 Å². The zero-order valence-electron chi connectivity index (χ0n) is 20.3. The van der Waals surface area contributed by atoms with Crippen molar-refractivity contribution in [2.75, 3.05) is 0 Å². The van der Waals surface area contributed by atoms with Crippen molar-refractivity contribution in [3.63, 3.8) is 0 Å². The van der Waals surface area contributed by atoms with Gasteiger partial charge < -0.3 is 5.32 Å². The van der Waals surface area contributed by atoms with Gasteiger partial charge in [0.1, 0.15) is 11.4 Å². The summed E-state index contributed by atoms with van der Waals surface area (Å²) in [4.78, 5) is 36.0. The van der Waals surface area contributed by atoms with Gasteiger partial charge in [-0.1, -0.05) is 30.3 Å². The van der Waals surface area contributed by atoms with Crippen molar-refractivity contribution in [3.8, 4) is 5.69 Å². The molecule has 1 N–H and O–H groups in total. The Morgan fingerprint density at radius 1 is 1.08 bits per heavy atom. The first-order chi connectivity index (χ1) is 18.1. The van der Waals surface area contributed by atoms with Gasteiger partial charge in [-0.2, -0.15) is 18.3 Å². The number of halogens is 3. The van der Waals surface area contributed by atoms with Gasteiger partial charge in [-0.05, 0) is 49.8 Å². The zero-order valence-corrected chi connectivity index (χ0v) is 20.3. The minimum atomic E-state index is -4.54. The number of carbonyl (C=O) groups is 1. The summed E-state index contributed by atoms with van der Waals surface area (Å²) in [5.41, 5.74) is 1.31. The number of carbonyl (C=O) groups excluding carboxylic acids is 1. The zero-order chi connectivity index (χ0) is 27.0. The maximum Gasteiger partial charge on any atom is 0.409 e. The van der Waals surface area contributed by atoms with Gasteiger partial charge in [0.2, 0.25) is 0 Å².